The van der Waals surface area contributed by atoms with Crippen LogP contribution in [0.3, 0.4) is 0 Å². The zero-order valence-electron chi connectivity index (χ0n) is 11.3. The van der Waals surface area contributed by atoms with Crippen molar-refractivity contribution in [2.24, 2.45) is 4.99 Å². The van der Waals surface area contributed by atoms with Gasteiger partial charge < -0.3 is 5.32 Å². The van der Waals surface area contributed by atoms with Gasteiger partial charge in [-0.1, -0.05) is 41.9 Å². The van der Waals surface area contributed by atoms with Crippen molar-refractivity contribution in [3.8, 4) is 0 Å². The highest BCUT2D eigenvalue weighted by Gasteiger charge is 2.20. The van der Waals surface area contributed by atoms with E-state index in [2.05, 4.69) is 29.6 Å². The van der Waals surface area contributed by atoms with Crippen LogP contribution in [-0.4, -0.2) is 18.8 Å². The lowest BCUT2D eigenvalue weighted by molar-refractivity contribution is 1.04. The van der Waals surface area contributed by atoms with E-state index in [9.17, 15) is 0 Å². The molecule has 0 spiro atoms. The van der Waals surface area contributed by atoms with Gasteiger partial charge >= 0.3 is 0 Å². The van der Waals surface area contributed by atoms with Crippen molar-refractivity contribution in [1.82, 2.24) is 0 Å². The normalized spacial score (nSPS) is 14.2. The number of nitrogens with zero attached hydrogens (tertiary/aromatic N) is 1. The van der Waals surface area contributed by atoms with Gasteiger partial charge in [0.2, 0.25) is 0 Å². The first-order chi connectivity index (χ1) is 10.3. The molecule has 2 aromatic carbocycles. The summed E-state index contributed by atoms with van der Waals surface area (Å²) < 4.78 is 1.29. The first kappa shape index (κ1) is 12.9. The summed E-state index contributed by atoms with van der Waals surface area (Å²) in [4.78, 5) is 4.80. The highest BCUT2D eigenvalue weighted by atomic mass is 35.5. The van der Waals surface area contributed by atoms with Crippen LogP contribution in [-0.2, 0) is 0 Å². The number of rotatable bonds is 1. The molecule has 0 aliphatic carbocycles. The molecule has 0 bridgehead atoms. The third-order valence-corrected chi connectivity index (χ3v) is 5.00. The molecule has 3 aromatic rings. The number of hydrogen-bond donors (Lipinski definition) is 1. The Bertz CT molecular complexity index is 834. The van der Waals surface area contributed by atoms with Crippen LogP contribution in [0.15, 0.2) is 53.5 Å². The second-order valence-electron chi connectivity index (χ2n) is 4.97. The Morgan fingerprint density at radius 1 is 1.05 bits per heavy atom. The van der Waals surface area contributed by atoms with Crippen molar-refractivity contribution >= 4 is 43.7 Å². The van der Waals surface area contributed by atoms with Crippen LogP contribution >= 0.6 is 22.9 Å². The van der Waals surface area contributed by atoms with Gasteiger partial charge in [-0.2, -0.15) is 0 Å². The first-order valence-corrected chi connectivity index (χ1v) is 8.08. The molecule has 0 saturated carbocycles. The highest BCUT2D eigenvalue weighted by Crippen LogP contribution is 2.38. The molecule has 0 unspecified atom stereocenters. The maximum Gasteiger partial charge on any atom is 0.0991 e. The molecule has 0 amide bonds. The highest BCUT2D eigenvalue weighted by molar-refractivity contribution is 7.23. The van der Waals surface area contributed by atoms with Crippen LogP contribution < -0.4 is 5.32 Å². The Morgan fingerprint density at radius 3 is 2.71 bits per heavy atom. The number of halogens is 1. The van der Waals surface area contributed by atoms with E-state index >= 15 is 0 Å². The van der Waals surface area contributed by atoms with Crippen molar-refractivity contribution in [3.63, 3.8) is 0 Å². The van der Waals surface area contributed by atoms with Gasteiger partial charge in [-0.05, 0) is 18.2 Å². The fraction of sp³-hybridized carbons (Fsp3) is 0.118. The predicted molar refractivity (Wildman–Crippen MR) is 92.3 cm³/mol. The molecule has 0 saturated heterocycles. The molecule has 21 heavy (non-hydrogen) atoms. The summed E-state index contributed by atoms with van der Waals surface area (Å²) >= 11 is 7.80. The van der Waals surface area contributed by atoms with E-state index in [1.54, 1.807) is 11.3 Å². The fourth-order valence-corrected chi connectivity index (χ4v) is 3.92. The minimum Gasteiger partial charge on any atom is -0.374 e. The van der Waals surface area contributed by atoms with Gasteiger partial charge in [0.15, 0.2) is 0 Å². The van der Waals surface area contributed by atoms with E-state index in [-0.39, 0.29) is 0 Å². The number of thiophene rings is 1. The first-order valence-electron chi connectivity index (χ1n) is 6.89. The van der Waals surface area contributed by atoms with E-state index in [1.807, 2.05) is 24.3 Å². The van der Waals surface area contributed by atoms with Gasteiger partial charge in [0.25, 0.3) is 0 Å². The Kier molecular flexibility index (Phi) is 3.17. The Labute approximate surface area is 132 Å². The standard InChI is InChI=1S/C17H13ClN2S/c18-12-7-5-11(6-8-12)16-15-13-3-1-2-4-14(13)21-17(15)20-10-9-19-16/h1-8,20H,9-10H2. The zero-order chi connectivity index (χ0) is 14.2. The van der Waals surface area contributed by atoms with Crippen LogP contribution in [0.5, 0.6) is 0 Å². The summed E-state index contributed by atoms with van der Waals surface area (Å²) in [5.41, 5.74) is 3.40. The number of fused-ring (bicyclic) bond motifs is 3. The van der Waals surface area contributed by atoms with E-state index < -0.39 is 0 Å². The van der Waals surface area contributed by atoms with Gasteiger partial charge in [-0.3, -0.25) is 4.99 Å². The third kappa shape index (κ3) is 2.23. The largest absolute Gasteiger partial charge is 0.374 e. The Hall–Kier alpha value is -1.84. The summed E-state index contributed by atoms with van der Waals surface area (Å²) in [6.45, 7) is 1.66. The molecular weight excluding hydrogens is 300 g/mol. The number of hydrogen-bond acceptors (Lipinski definition) is 3. The van der Waals surface area contributed by atoms with Crippen LogP contribution in [0.4, 0.5) is 5.00 Å². The van der Waals surface area contributed by atoms with Crippen molar-refractivity contribution in [3.05, 3.63) is 64.7 Å². The fourth-order valence-electron chi connectivity index (χ4n) is 2.66. The molecule has 1 aromatic heterocycles. The molecule has 4 rings (SSSR count). The lowest BCUT2D eigenvalue weighted by atomic mass is 10.0. The van der Waals surface area contributed by atoms with Crippen molar-refractivity contribution < 1.29 is 0 Å². The minimum atomic E-state index is 0.751. The number of aliphatic imine (C=N–C) groups is 1. The van der Waals surface area contributed by atoms with E-state index in [1.165, 1.54) is 20.7 Å². The van der Waals surface area contributed by atoms with Gasteiger partial charge in [0.05, 0.1) is 17.3 Å². The lowest BCUT2D eigenvalue weighted by Crippen LogP contribution is -2.03. The molecule has 104 valence electrons. The molecule has 2 nitrogen and oxygen atoms in total. The van der Waals surface area contributed by atoms with Crippen LogP contribution in [0.25, 0.3) is 10.1 Å². The van der Waals surface area contributed by atoms with Crippen LogP contribution in [0, 0.1) is 0 Å². The molecule has 4 heteroatoms. The van der Waals surface area contributed by atoms with Gasteiger partial charge in [-0.25, -0.2) is 0 Å². The molecule has 0 radical (unpaired) electrons. The molecule has 0 atom stereocenters. The number of nitrogens with one attached hydrogen (secondary N) is 1. The topological polar surface area (TPSA) is 24.4 Å². The number of benzene rings is 2. The summed E-state index contributed by atoms with van der Waals surface area (Å²) in [5, 5.41) is 6.73. The summed E-state index contributed by atoms with van der Waals surface area (Å²) in [7, 11) is 0. The summed E-state index contributed by atoms with van der Waals surface area (Å²) in [6, 6.07) is 16.4. The molecule has 1 N–H and O–H groups in total. The van der Waals surface area contributed by atoms with Crippen LogP contribution in [0.2, 0.25) is 5.02 Å². The van der Waals surface area contributed by atoms with Gasteiger partial charge in [-0.15, -0.1) is 11.3 Å². The maximum atomic E-state index is 6.01. The Morgan fingerprint density at radius 2 is 1.86 bits per heavy atom. The lowest BCUT2D eigenvalue weighted by Gasteiger charge is -2.07. The smallest absolute Gasteiger partial charge is 0.0991 e. The van der Waals surface area contributed by atoms with Crippen LogP contribution in [0.1, 0.15) is 11.1 Å². The summed E-state index contributed by atoms with van der Waals surface area (Å²) in [6.07, 6.45) is 0. The van der Waals surface area contributed by atoms with Crippen molar-refractivity contribution in [2.75, 3.05) is 18.4 Å². The van der Waals surface area contributed by atoms with Crippen molar-refractivity contribution in [1.29, 1.82) is 0 Å². The van der Waals surface area contributed by atoms with E-state index in [0.717, 1.165) is 29.4 Å². The zero-order valence-corrected chi connectivity index (χ0v) is 12.8. The minimum absolute atomic E-state index is 0.751. The van der Waals surface area contributed by atoms with E-state index in [4.69, 9.17) is 16.6 Å². The summed E-state index contributed by atoms with van der Waals surface area (Å²) in [5.74, 6) is 0. The van der Waals surface area contributed by atoms with E-state index in [0.29, 0.717) is 0 Å². The Balaban J connectivity index is 1.97. The van der Waals surface area contributed by atoms with Gasteiger partial charge in [0, 0.05) is 32.8 Å². The SMILES string of the molecule is Clc1ccc(C2=NCCNc3sc4ccccc4c32)cc1. The average Bonchev–Trinajstić information content (AvgIpc) is 2.74. The predicted octanol–water partition coefficient (Wildman–Crippen LogP) is 4.82. The second-order valence-corrected chi connectivity index (χ2v) is 6.45. The molecule has 1 aliphatic rings. The molecular formula is C17H13ClN2S. The third-order valence-electron chi connectivity index (χ3n) is 3.62. The molecule has 0 fully saturated rings. The maximum absolute atomic E-state index is 6.01. The monoisotopic (exact) mass is 312 g/mol. The van der Waals surface area contributed by atoms with Gasteiger partial charge in [0.1, 0.15) is 0 Å². The molecule has 2 heterocycles. The quantitative estimate of drug-likeness (QED) is 0.684. The van der Waals surface area contributed by atoms with Crippen molar-refractivity contribution in [2.45, 2.75) is 0 Å². The second kappa shape index (κ2) is 5.17. The molecule has 1 aliphatic heterocycles. The average molecular weight is 313 g/mol. The number of anilines is 1.